The molecule has 2 heterocycles. The van der Waals surface area contributed by atoms with Gasteiger partial charge in [-0.05, 0) is 66.3 Å². The van der Waals surface area contributed by atoms with E-state index in [0.717, 1.165) is 23.4 Å². The first-order valence-electron chi connectivity index (χ1n) is 7.08. The molecule has 0 radical (unpaired) electrons. The highest BCUT2D eigenvalue weighted by Gasteiger charge is 2.51. The van der Waals surface area contributed by atoms with Crippen LogP contribution in [-0.4, -0.2) is 42.3 Å². The molecule has 2 rings (SSSR count). The van der Waals surface area contributed by atoms with Crippen LogP contribution in [0.15, 0.2) is 12.1 Å². The number of aromatic nitrogens is 1. The van der Waals surface area contributed by atoms with Crippen molar-refractivity contribution in [1.82, 2.24) is 9.88 Å². The molecule has 0 spiro atoms. The van der Waals surface area contributed by atoms with E-state index in [9.17, 15) is 0 Å². The number of hydrogen-bond acceptors (Lipinski definition) is 4. The molecule has 1 aromatic rings. The van der Waals surface area contributed by atoms with Crippen molar-refractivity contribution < 1.29 is 9.31 Å². The van der Waals surface area contributed by atoms with Crippen LogP contribution in [0.3, 0.4) is 0 Å². The van der Waals surface area contributed by atoms with Crippen molar-refractivity contribution in [2.75, 3.05) is 14.1 Å². The fraction of sp³-hybridized carbons (Fsp3) is 0.667. The largest absolute Gasteiger partial charge is 0.494 e. The molecular weight excluding hydrogens is 251 g/mol. The maximum atomic E-state index is 6.10. The van der Waals surface area contributed by atoms with Gasteiger partial charge in [0.2, 0.25) is 0 Å². The van der Waals surface area contributed by atoms with Crippen LogP contribution in [0.4, 0.5) is 0 Å². The maximum Gasteiger partial charge on any atom is 0.494 e. The Morgan fingerprint density at radius 2 is 1.65 bits per heavy atom. The lowest BCUT2D eigenvalue weighted by Crippen LogP contribution is -2.41. The Morgan fingerprint density at radius 1 is 1.10 bits per heavy atom. The topological polar surface area (TPSA) is 34.6 Å². The summed E-state index contributed by atoms with van der Waals surface area (Å²) in [5.41, 5.74) is 2.47. The highest BCUT2D eigenvalue weighted by molar-refractivity contribution is 6.62. The quantitative estimate of drug-likeness (QED) is 0.788. The molecule has 0 amide bonds. The van der Waals surface area contributed by atoms with E-state index in [-0.39, 0.29) is 18.3 Å². The normalized spacial score (nSPS) is 20.7. The summed E-state index contributed by atoms with van der Waals surface area (Å²) < 4.78 is 12.2. The predicted molar refractivity (Wildman–Crippen MR) is 82.1 cm³/mol. The molecule has 0 aromatic carbocycles. The third kappa shape index (κ3) is 3.05. The van der Waals surface area contributed by atoms with Gasteiger partial charge < -0.3 is 14.2 Å². The Kier molecular flexibility index (Phi) is 3.97. The van der Waals surface area contributed by atoms with Crippen LogP contribution in [-0.2, 0) is 15.9 Å². The molecule has 1 fully saturated rings. The Labute approximate surface area is 122 Å². The van der Waals surface area contributed by atoms with Gasteiger partial charge in [-0.15, -0.1) is 0 Å². The average Bonchev–Trinajstić information content (AvgIpc) is 2.46. The van der Waals surface area contributed by atoms with E-state index < -0.39 is 0 Å². The Morgan fingerprint density at radius 3 is 2.15 bits per heavy atom. The zero-order valence-electron chi connectivity index (χ0n) is 13.7. The molecule has 4 nitrogen and oxygen atoms in total. The van der Waals surface area contributed by atoms with Crippen LogP contribution in [0, 0.1) is 6.92 Å². The molecule has 0 aliphatic carbocycles. The standard InChI is InChI=1S/C15H25BN2O2/c1-11-8-12(9-13(17-11)10-18(6)7)16-19-14(2,3)15(4,5)20-16/h8-9H,10H2,1-7H3. The summed E-state index contributed by atoms with van der Waals surface area (Å²) in [6.07, 6.45) is 0. The van der Waals surface area contributed by atoms with Crippen LogP contribution in [0.1, 0.15) is 39.1 Å². The molecule has 110 valence electrons. The van der Waals surface area contributed by atoms with E-state index in [1.165, 1.54) is 0 Å². The SMILES string of the molecule is Cc1cc(B2OC(C)(C)C(C)(C)O2)cc(CN(C)C)n1. The fourth-order valence-electron chi connectivity index (χ4n) is 2.29. The first kappa shape index (κ1) is 15.5. The van der Waals surface area contributed by atoms with Gasteiger partial charge >= 0.3 is 7.12 Å². The van der Waals surface area contributed by atoms with Crippen molar-refractivity contribution in [3.05, 3.63) is 23.5 Å². The first-order valence-corrected chi connectivity index (χ1v) is 7.08. The second kappa shape index (κ2) is 5.13. The molecule has 1 aliphatic heterocycles. The van der Waals surface area contributed by atoms with E-state index in [2.05, 4.69) is 43.6 Å². The molecular formula is C15H25BN2O2. The van der Waals surface area contributed by atoms with Gasteiger partial charge in [-0.1, -0.05) is 0 Å². The van der Waals surface area contributed by atoms with E-state index >= 15 is 0 Å². The summed E-state index contributed by atoms with van der Waals surface area (Å²) in [5.74, 6) is 0. The minimum absolute atomic E-state index is 0.309. The predicted octanol–water partition coefficient (Wildman–Crippen LogP) is 1.75. The van der Waals surface area contributed by atoms with Crippen molar-refractivity contribution in [3.8, 4) is 0 Å². The van der Waals surface area contributed by atoms with Gasteiger partial charge in [-0.3, -0.25) is 4.98 Å². The molecule has 1 aromatic heterocycles. The van der Waals surface area contributed by atoms with Crippen LogP contribution >= 0.6 is 0 Å². The molecule has 1 saturated heterocycles. The molecule has 1 aliphatic rings. The summed E-state index contributed by atoms with van der Waals surface area (Å²) in [5, 5.41) is 0. The van der Waals surface area contributed by atoms with Gasteiger partial charge in [-0.25, -0.2) is 0 Å². The van der Waals surface area contributed by atoms with Gasteiger partial charge in [-0.2, -0.15) is 0 Å². The van der Waals surface area contributed by atoms with E-state index in [1.54, 1.807) is 0 Å². The van der Waals surface area contributed by atoms with Gasteiger partial charge in [0.1, 0.15) is 0 Å². The Balaban J connectivity index is 2.28. The van der Waals surface area contributed by atoms with Crippen molar-refractivity contribution in [3.63, 3.8) is 0 Å². The van der Waals surface area contributed by atoms with Gasteiger partial charge in [0.05, 0.1) is 16.9 Å². The zero-order chi connectivity index (χ0) is 15.1. The van der Waals surface area contributed by atoms with Crippen LogP contribution < -0.4 is 5.46 Å². The van der Waals surface area contributed by atoms with Crippen LogP contribution in [0.2, 0.25) is 0 Å². The summed E-state index contributed by atoms with van der Waals surface area (Å²) in [6.45, 7) is 11.1. The molecule has 20 heavy (non-hydrogen) atoms. The second-order valence-electron chi connectivity index (χ2n) is 6.86. The van der Waals surface area contributed by atoms with Gasteiger partial charge in [0, 0.05) is 12.2 Å². The zero-order valence-corrected chi connectivity index (χ0v) is 13.7. The number of pyridine rings is 1. The Hall–Kier alpha value is -0.905. The van der Waals surface area contributed by atoms with E-state index in [0.29, 0.717) is 0 Å². The van der Waals surface area contributed by atoms with E-state index in [4.69, 9.17) is 9.31 Å². The molecule has 0 N–H and O–H groups in total. The first-order chi connectivity index (χ1) is 9.10. The second-order valence-corrected chi connectivity index (χ2v) is 6.86. The Bertz CT molecular complexity index is 485. The lowest BCUT2D eigenvalue weighted by Gasteiger charge is -2.32. The van der Waals surface area contributed by atoms with Crippen LogP contribution in [0.25, 0.3) is 0 Å². The smallest absolute Gasteiger partial charge is 0.399 e. The van der Waals surface area contributed by atoms with Crippen molar-refractivity contribution in [2.24, 2.45) is 0 Å². The number of rotatable bonds is 3. The van der Waals surface area contributed by atoms with Crippen molar-refractivity contribution >= 4 is 12.6 Å². The molecule has 0 atom stereocenters. The maximum absolute atomic E-state index is 6.10. The molecule has 0 saturated carbocycles. The highest BCUT2D eigenvalue weighted by atomic mass is 16.7. The minimum Gasteiger partial charge on any atom is -0.399 e. The van der Waals surface area contributed by atoms with Crippen LogP contribution in [0.5, 0.6) is 0 Å². The van der Waals surface area contributed by atoms with Crippen molar-refractivity contribution in [1.29, 1.82) is 0 Å². The lowest BCUT2D eigenvalue weighted by molar-refractivity contribution is 0.00578. The molecule has 0 bridgehead atoms. The number of nitrogens with zero attached hydrogens (tertiary/aromatic N) is 2. The minimum atomic E-state index is -0.317. The van der Waals surface area contributed by atoms with Gasteiger partial charge in [0.25, 0.3) is 0 Å². The summed E-state index contributed by atoms with van der Waals surface area (Å²) in [6, 6.07) is 4.12. The average molecular weight is 276 g/mol. The highest BCUT2D eigenvalue weighted by Crippen LogP contribution is 2.36. The number of aryl methyl sites for hydroxylation is 1. The van der Waals surface area contributed by atoms with E-state index in [1.807, 2.05) is 27.1 Å². The third-order valence-electron chi connectivity index (χ3n) is 4.03. The fourth-order valence-corrected chi connectivity index (χ4v) is 2.29. The lowest BCUT2D eigenvalue weighted by atomic mass is 9.79. The monoisotopic (exact) mass is 276 g/mol. The summed E-state index contributed by atoms with van der Waals surface area (Å²) in [7, 11) is 3.76. The summed E-state index contributed by atoms with van der Waals surface area (Å²) >= 11 is 0. The third-order valence-corrected chi connectivity index (χ3v) is 4.03. The molecule has 5 heteroatoms. The number of hydrogen-bond donors (Lipinski definition) is 0. The van der Waals surface area contributed by atoms with Gasteiger partial charge in [0.15, 0.2) is 0 Å². The van der Waals surface area contributed by atoms with Crippen molar-refractivity contribution in [2.45, 2.75) is 52.4 Å². The molecule has 0 unspecified atom stereocenters. The summed E-state index contributed by atoms with van der Waals surface area (Å²) in [4.78, 5) is 6.67.